The lowest BCUT2D eigenvalue weighted by molar-refractivity contribution is 0.0771. The first-order valence-corrected chi connectivity index (χ1v) is 7.39. The largest absolute Gasteiger partial charge is 0.395 e. The van der Waals surface area contributed by atoms with Crippen molar-refractivity contribution in [3.05, 3.63) is 0 Å². The van der Waals surface area contributed by atoms with Gasteiger partial charge in [-0.2, -0.15) is 0 Å². The predicted molar refractivity (Wildman–Crippen MR) is 71.2 cm³/mol. The van der Waals surface area contributed by atoms with Gasteiger partial charge in [0.05, 0.1) is 6.61 Å². The highest BCUT2D eigenvalue weighted by Crippen LogP contribution is 2.30. The molecule has 0 atom stereocenters. The first-order chi connectivity index (χ1) is 8.35. The molecule has 2 rings (SSSR count). The van der Waals surface area contributed by atoms with Crippen molar-refractivity contribution in [1.82, 2.24) is 10.2 Å². The Balaban J connectivity index is 1.87. The lowest BCUT2D eigenvalue weighted by atomic mass is 9.89. The van der Waals surface area contributed by atoms with Crippen LogP contribution in [0.25, 0.3) is 0 Å². The van der Waals surface area contributed by atoms with Gasteiger partial charge in [-0.3, -0.25) is 4.90 Å². The van der Waals surface area contributed by atoms with Gasteiger partial charge in [0, 0.05) is 24.7 Å². The molecule has 0 unspecified atom stereocenters. The third-order valence-corrected chi connectivity index (χ3v) is 4.73. The van der Waals surface area contributed by atoms with E-state index >= 15 is 0 Å². The van der Waals surface area contributed by atoms with E-state index in [1.54, 1.807) is 0 Å². The first-order valence-electron chi connectivity index (χ1n) is 7.39. The molecule has 2 N–H and O–H groups in total. The van der Waals surface area contributed by atoms with E-state index in [2.05, 4.69) is 17.3 Å². The molecule has 0 aliphatic heterocycles. The van der Waals surface area contributed by atoms with Gasteiger partial charge in [-0.15, -0.1) is 0 Å². The van der Waals surface area contributed by atoms with E-state index in [1.165, 1.54) is 51.4 Å². The second kappa shape index (κ2) is 6.72. The van der Waals surface area contributed by atoms with Crippen molar-refractivity contribution in [2.45, 2.75) is 69.5 Å². The average molecular weight is 240 g/mol. The third kappa shape index (κ3) is 3.43. The Kier molecular flexibility index (Phi) is 5.26. The fourth-order valence-electron chi connectivity index (χ4n) is 3.71. The minimum atomic E-state index is 0.322. The molecular weight excluding hydrogens is 212 g/mol. The van der Waals surface area contributed by atoms with Gasteiger partial charge >= 0.3 is 0 Å². The van der Waals surface area contributed by atoms with Crippen LogP contribution in [0, 0.1) is 0 Å². The molecule has 2 saturated carbocycles. The number of hydrogen-bond acceptors (Lipinski definition) is 3. The van der Waals surface area contributed by atoms with Gasteiger partial charge in [0.25, 0.3) is 0 Å². The summed E-state index contributed by atoms with van der Waals surface area (Å²) in [7, 11) is 2.08. The second-order valence-electron chi connectivity index (χ2n) is 5.69. The Morgan fingerprint density at radius 3 is 2.12 bits per heavy atom. The molecule has 17 heavy (non-hydrogen) atoms. The van der Waals surface area contributed by atoms with Crippen molar-refractivity contribution < 1.29 is 5.11 Å². The van der Waals surface area contributed by atoms with Crippen LogP contribution in [0.1, 0.15) is 51.4 Å². The molecule has 2 fully saturated rings. The molecule has 2 aliphatic rings. The molecule has 0 aromatic rings. The molecule has 0 radical (unpaired) electrons. The summed E-state index contributed by atoms with van der Waals surface area (Å²) in [5.41, 5.74) is 0. The zero-order valence-corrected chi connectivity index (χ0v) is 11.2. The summed E-state index contributed by atoms with van der Waals surface area (Å²) in [6.45, 7) is 1.21. The Bertz CT molecular complexity index is 208. The lowest BCUT2D eigenvalue weighted by Crippen LogP contribution is -2.47. The second-order valence-corrected chi connectivity index (χ2v) is 5.69. The van der Waals surface area contributed by atoms with E-state index in [1.807, 2.05) is 0 Å². The van der Waals surface area contributed by atoms with Crippen LogP contribution in [-0.4, -0.2) is 48.3 Å². The van der Waals surface area contributed by atoms with Crippen molar-refractivity contribution in [3.63, 3.8) is 0 Å². The third-order valence-electron chi connectivity index (χ3n) is 4.73. The average Bonchev–Trinajstić information content (AvgIpc) is 2.90. The molecule has 3 heteroatoms. The quantitative estimate of drug-likeness (QED) is 0.768. The molecule has 0 heterocycles. The summed E-state index contributed by atoms with van der Waals surface area (Å²) in [6.07, 6.45) is 10.7. The predicted octanol–water partition coefficient (Wildman–Crippen LogP) is 1.75. The fourth-order valence-corrected chi connectivity index (χ4v) is 3.71. The molecular formula is C14H28N2O. The van der Waals surface area contributed by atoms with Crippen LogP contribution in [0.15, 0.2) is 0 Å². The maximum Gasteiger partial charge on any atom is 0.0558 e. The van der Waals surface area contributed by atoms with E-state index in [4.69, 9.17) is 0 Å². The van der Waals surface area contributed by atoms with Gasteiger partial charge in [0.1, 0.15) is 0 Å². The topological polar surface area (TPSA) is 35.5 Å². The number of aliphatic hydroxyl groups excluding tert-OH is 1. The SMILES string of the molecule is CNC1CCC(N(CCO)C2CCCC2)CC1. The number of nitrogens with zero attached hydrogens (tertiary/aromatic N) is 1. The Morgan fingerprint density at radius 1 is 1.00 bits per heavy atom. The molecule has 0 amide bonds. The van der Waals surface area contributed by atoms with Crippen molar-refractivity contribution >= 4 is 0 Å². The highest BCUT2D eigenvalue weighted by atomic mass is 16.3. The summed E-state index contributed by atoms with van der Waals surface area (Å²) in [4.78, 5) is 2.62. The van der Waals surface area contributed by atoms with Crippen molar-refractivity contribution in [2.75, 3.05) is 20.2 Å². The van der Waals surface area contributed by atoms with Crippen LogP contribution < -0.4 is 5.32 Å². The van der Waals surface area contributed by atoms with Crippen LogP contribution in [0.2, 0.25) is 0 Å². The van der Waals surface area contributed by atoms with E-state index in [0.29, 0.717) is 6.61 Å². The van der Waals surface area contributed by atoms with Gasteiger partial charge in [-0.1, -0.05) is 12.8 Å². The van der Waals surface area contributed by atoms with E-state index in [9.17, 15) is 5.11 Å². The molecule has 0 aromatic carbocycles. The van der Waals surface area contributed by atoms with Crippen LogP contribution in [-0.2, 0) is 0 Å². The molecule has 0 bridgehead atoms. The number of hydrogen-bond donors (Lipinski definition) is 2. The minimum Gasteiger partial charge on any atom is -0.395 e. The highest BCUT2D eigenvalue weighted by molar-refractivity contribution is 4.87. The lowest BCUT2D eigenvalue weighted by Gasteiger charge is -2.40. The first kappa shape index (κ1) is 13.3. The van der Waals surface area contributed by atoms with E-state index in [-0.39, 0.29) is 0 Å². The van der Waals surface area contributed by atoms with Gasteiger partial charge in [-0.05, 0) is 45.6 Å². The monoisotopic (exact) mass is 240 g/mol. The molecule has 2 aliphatic carbocycles. The fraction of sp³-hybridized carbons (Fsp3) is 1.00. The maximum atomic E-state index is 9.27. The van der Waals surface area contributed by atoms with Crippen LogP contribution in [0.5, 0.6) is 0 Å². The van der Waals surface area contributed by atoms with Gasteiger partial charge in [0.2, 0.25) is 0 Å². The van der Waals surface area contributed by atoms with Gasteiger partial charge in [0.15, 0.2) is 0 Å². The zero-order chi connectivity index (χ0) is 12.1. The van der Waals surface area contributed by atoms with Gasteiger partial charge < -0.3 is 10.4 Å². The Morgan fingerprint density at radius 2 is 1.59 bits per heavy atom. The standard InChI is InChI=1S/C14H28N2O/c1-15-12-6-8-14(9-7-12)16(10-11-17)13-4-2-3-5-13/h12-15,17H,2-11H2,1H3. The molecule has 100 valence electrons. The van der Waals surface area contributed by atoms with Crippen molar-refractivity contribution in [3.8, 4) is 0 Å². The summed E-state index contributed by atoms with van der Waals surface area (Å²) < 4.78 is 0. The number of aliphatic hydroxyl groups is 1. The number of nitrogens with one attached hydrogen (secondary N) is 1. The van der Waals surface area contributed by atoms with E-state index < -0.39 is 0 Å². The number of rotatable bonds is 5. The summed E-state index contributed by atoms with van der Waals surface area (Å²) >= 11 is 0. The van der Waals surface area contributed by atoms with Crippen molar-refractivity contribution in [2.24, 2.45) is 0 Å². The smallest absolute Gasteiger partial charge is 0.0558 e. The van der Waals surface area contributed by atoms with Crippen LogP contribution in [0.4, 0.5) is 0 Å². The molecule has 0 saturated heterocycles. The van der Waals surface area contributed by atoms with E-state index in [0.717, 1.165) is 24.7 Å². The Labute approximate surface area is 106 Å². The summed E-state index contributed by atoms with van der Waals surface area (Å²) in [5, 5.41) is 12.7. The Hall–Kier alpha value is -0.120. The summed E-state index contributed by atoms with van der Waals surface area (Å²) in [5.74, 6) is 0. The van der Waals surface area contributed by atoms with Crippen LogP contribution >= 0.6 is 0 Å². The molecule has 0 aromatic heterocycles. The van der Waals surface area contributed by atoms with Gasteiger partial charge in [-0.25, -0.2) is 0 Å². The molecule has 0 spiro atoms. The normalized spacial score (nSPS) is 31.2. The highest BCUT2D eigenvalue weighted by Gasteiger charge is 2.30. The molecule has 3 nitrogen and oxygen atoms in total. The minimum absolute atomic E-state index is 0.322. The summed E-state index contributed by atoms with van der Waals surface area (Å²) in [6, 6.07) is 2.22. The zero-order valence-electron chi connectivity index (χ0n) is 11.2. The maximum absolute atomic E-state index is 9.27. The van der Waals surface area contributed by atoms with Crippen molar-refractivity contribution in [1.29, 1.82) is 0 Å². The van der Waals surface area contributed by atoms with Crippen LogP contribution in [0.3, 0.4) is 0 Å².